The number of oxime groups is 1. The van der Waals surface area contributed by atoms with E-state index in [4.69, 9.17) is 11.5 Å². The molecule has 0 saturated heterocycles. The van der Waals surface area contributed by atoms with Crippen LogP contribution in [-0.4, -0.2) is 45.6 Å². The highest BCUT2D eigenvalue weighted by atomic mass is 32.2. The van der Waals surface area contributed by atoms with E-state index in [0.717, 1.165) is 6.26 Å². The van der Waals surface area contributed by atoms with Gasteiger partial charge in [0.05, 0.1) is 6.26 Å². The van der Waals surface area contributed by atoms with E-state index in [1.165, 1.54) is 4.90 Å². The third kappa shape index (κ3) is 6.06. The van der Waals surface area contributed by atoms with E-state index < -0.39 is 10.1 Å². The van der Waals surface area contributed by atoms with Gasteiger partial charge in [-0.1, -0.05) is 0 Å². The van der Waals surface area contributed by atoms with Crippen LogP contribution in [0.5, 0.6) is 0 Å². The van der Waals surface area contributed by atoms with Gasteiger partial charge in [0.15, 0.2) is 5.96 Å². The molecule has 0 aromatic carbocycles. The molecule has 0 aromatic rings. The summed E-state index contributed by atoms with van der Waals surface area (Å²) in [6.07, 6.45) is 0.836. The molecule has 4 N–H and O–H groups in total. The third-order valence-corrected chi connectivity index (χ3v) is 1.30. The number of rotatable bonds is 2. The van der Waals surface area contributed by atoms with Crippen molar-refractivity contribution < 1.29 is 12.7 Å². The van der Waals surface area contributed by atoms with Crippen molar-refractivity contribution in [2.75, 3.05) is 20.4 Å². The van der Waals surface area contributed by atoms with Crippen molar-refractivity contribution in [3.8, 4) is 0 Å². The molecule has 0 aliphatic rings. The number of nitrogens with two attached hydrogens (primary N) is 2. The lowest BCUT2D eigenvalue weighted by molar-refractivity contribution is 0.342. The summed E-state index contributed by atoms with van der Waals surface area (Å²) in [6, 6.07) is 0. The van der Waals surface area contributed by atoms with E-state index in [1.807, 2.05) is 0 Å². The molecular formula is C5H13N5O3S. The van der Waals surface area contributed by atoms with Crippen LogP contribution in [0.3, 0.4) is 0 Å². The van der Waals surface area contributed by atoms with Gasteiger partial charge in [-0.25, -0.2) is 0 Å². The maximum absolute atomic E-state index is 10.5. The summed E-state index contributed by atoms with van der Waals surface area (Å²) >= 11 is 0. The highest BCUT2D eigenvalue weighted by molar-refractivity contribution is 7.85. The second-order valence-electron chi connectivity index (χ2n) is 2.59. The zero-order valence-electron chi connectivity index (χ0n) is 8.13. The molecule has 0 atom stereocenters. The zero-order valence-corrected chi connectivity index (χ0v) is 8.95. The summed E-state index contributed by atoms with van der Waals surface area (Å²) in [5.74, 6) is -0.287. The van der Waals surface area contributed by atoms with Crippen molar-refractivity contribution >= 4 is 22.0 Å². The first-order valence-corrected chi connectivity index (χ1v) is 5.27. The number of hydrogen-bond donors (Lipinski definition) is 2. The Hall–Kier alpha value is -1.51. The number of hydrogen-bond acceptors (Lipinski definition) is 4. The summed E-state index contributed by atoms with van der Waals surface area (Å²) < 4.78 is 25.0. The molecule has 0 spiro atoms. The second kappa shape index (κ2) is 4.65. The molecule has 0 saturated carbocycles. The molecule has 8 nitrogen and oxygen atoms in total. The first-order chi connectivity index (χ1) is 6.22. The van der Waals surface area contributed by atoms with Gasteiger partial charge >= 0.3 is 10.1 Å². The lowest BCUT2D eigenvalue weighted by atomic mass is 10.8. The van der Waals surface area contributed by atoms with Crippen LogP contribution in [0.25, 0.3) is 0 Å². The normalized spacial score (nSPS) is 13.9. The largest absolute Gasteiger partial charge is 0.369 e. The summed E-state index contributed by atoms with van der Waals surface area (Å²) in [4.78, 5) is 5.01. The number of aliphatic imine (C=N–C) groups is 1. The standard InChI is InChI=1S/C5H13N5O3S/c1-10(2)5(7)8-4(6)9-13-14(3,11)12/h1-3H3,(H4,6,7,8,9). The van der Waals surface area contributed by atoms with Crippen LogP contribution in [0.2, 0.25) is 0 Å². The van der Waals surface area contributed by atoms with Gasteiger partial charge in [0, 0.05) is 14.1 Å². The number of nitrogens with zero attached hydrogens (tertiary/aromatic N) is 3. The summed E-state index contributed by atoms with van der Waals surface area (Å²) in [5.41, 5.74) is 10.6. The summed E-state index contributed by atoms with van der Waals surface area (Å²) in [6.45, 7) is 0. The maximum Gasteiger partial charge on any atom is 0.325 e. The quantitative estimate of drug-likeness (QED) is 0.319. The van der Waals surface area contributed by atoms with E-state index in [2.05, 4.69) is 14.4 Å². The van der Waals surface area contributed by atoms with Crippen molar-refractivity contribution in [1.82, 2.24) is 4.90 Å². The molecule has 0 unspecified atom stereocenters. The fourth-order valence-corrected chi connectivity index (χ4v) is 0.555. The highest BCUT2D eigenvalue weighted by Crippen LogP contribution is 1.87. The van der Waals surface area contributed by atoms with Crippen molar-refractivity contribution in [3.05, 3.63) is 0 Å². The molecule has 0 bridgehead atoms. The SMILES string of the molecule is CN(C)/C(N)=N/C(N)=N/OS(C)(=O)=O. The Kier molecular flexibility index (Phi) is 4.15. The summed E-state index contributed by atoms with van der Waals surface area (Å²) in [7, 11) is -0.382. The van der Waals surface area contributed by atoms with Crippen molar-refractivity contribution in [2.45, 2.75) is 0 Å². The van der Waals surface area contributed by atoms with Crippen LogP contribution >= 0.6 is 0 Å². The molecule has 0 fully saturated rings. The van der Waals surface area contributed by atoms with Crippen molar-refractivity contribution in [2.24, 2.45) is 21.6 Å². The Morgan fingerprint density at radius 2 is 1.86 bits per heavy atom. The van der Waals surface area contributed by atoms with Crippen LogP contribution in [0, 0.1) is 0 Å². The van der Waals surface area contributed by atoms with E-state index in [0.29, 0.717) is 0 Å². The van der Waals surface area contributed by atoms with Crippen LogP contribution < -0.4 is 11.5 Å². The third-order valence-electron chi connectivity index (χ3n) is 0.953. The van der Waals surface area contributed by atoms with E-state index in [-0.39, 0.29) is 11.9 Å². The molecule has 0 rings (SSSR count). The Balaban J connectivity index is 4.49. The van der Waals surface area contributed by atoms with Gasteiger partial charge in [-0.2, -0.15) is 13.4 Å². The lowest BCUT2D eigenvalue weighted by Crippen LogP contribution is -2.32. The van der Waals surface area contributed by atoms with Gasteiger partial charge in [-0.3, -0.25) is 4.28 Å². The first kappa shape index (κ1) is 12.5. The van der Waals surface area contributed by atoms with Crippen LogP contribution in [-0.2, 0) is 14.4 Å². The minimum atomic E-state index is -3.67. The number of guanidine groups is 2. The molecule has 14 heavy (non-hydrogen) atoms. The molecule has 0 amide bonds. The Morgan fingerprint density at radius 3 is 2.21 bits per heavy atom. The van der Waals surface area contributed by atoms with Crippen LogP contribution in [0.1, 0.15) is 0 Å². The first-order valence-electron chi connectivity index (χ1n) is 3.46. The smallest absolute Gasteiger partial charge is 0.325 e. The fraction of sp³-hybridized carbons (Fsp3) is 0.600. The van der Waals surface area contributed by atoms with Crippen molar-refractivity contribution in [3.63, 3.8) is 0 Å². The average molecular weight is 223 g/mol. The lowest BCUT2D eigenvalue weighted by Gasteiger charge is -2.09. The van der Waals surface area contributed by atoms with Gasteiger partial charge < -0.3 is 16.4 Å². The van der Waals surface area contributed by atoms with Crippen molar-refractivity contribution in [1.29, 1.82) is 0 Å². The van der Waals surface area contributed by atoms with E-state index in [1.54, 1.807) is 14.1 Å². The zero-order chi connectivity index (χ0) is 11.4. The van der Waals surface area contributed by atoms with E-state index in [9.17, 15) is 8.42 Å². The fourth-order valence-electron chi connectivity index (χ4n) is 0.344. The Morgan fingerprint density at radius 1 is 1.36 bits per heavy atom. The molecular weight excluding hydrogens is 210 g/mol. The topological polar surface area (TPSA) is 123 Å². The minimum Gasteiger partial charge on any atom is -0.369 e. The Labute approximate surface area is 82.3 Å². The predicted octanol–water partition coefficient (Wildman–Crippen LogP) is -1.93. The highest BCUT2D eigenvalue weighted by Gasteiger charge is 2.01. The average Bonchev–Trinajstić information content (AvgIpc) is 1.99. The monoisotopic (exact) mass is 223 g/mol. The molecule has 0 aliphatic carbocycles. The molecule has 82 valence electrons. The van der Waals surface area contributed by atoms with Crippen LogP contribution in [0.15, 0.2) is 10.1 Å². The molecule has 0 aliphatic heterocycles. The van der Waals surface area contributed by atoms with Gasteiger partial charge in [0.2, 0.25) is 0 Å². The maximum atomic E-state index is 10.5. The molecule has 9 heteroatoms. The molecule has 0 aromatic heterocycles. The van der Waals surface area contributed by atoms with Gasteiger partial charge in [-0.05, 0) is 5.16 Å². The second-order valence-corrected chi connectivity index (χ2v) is 4.15. The molecule has 0 radical (unpaired) electrons. The van der Waals surface area contributed by atoms with Crippen LogP contribution in [0.4, 0.5) is 0 Å². The Bertz CT molecular complexity index is 344. The van der Waals surface area contributed by atoms with E-state index >= 15 is 0 Å². The predicted molar refractivity (Wildman–Crippen MR) is 52.9 cm³/mol. The summed E-state index contributed by atoms with van der Waals surface area (Å²) in [5, 5.41) is 3.03. The van der Waals surface area contributed by atoms with Gasteiger partial charge in [0.1, 0.15) is 0 Å². The minimum absolute atomic E-state index is 0.0864. The van der Waals surface area contributed by atoms with Gasteiger partial charge in [-0.15, -0.1) is 0 Å². The molecule has 0 heterocycles. The van der Waals surface area contributed by atoms with Gasteiger partial charge in [0.25, 0.3) is 5.96 Å².